The van der Waals surface area contributed by atoms with E-state index in [1.165, 1.54) is 12.8 Å². The van der Waals surface area contributed by atoms with E-state index in [1.807, 2.05) is 24.3 Å². The van der Waals surface area contributed by atoms with Crippen molar-refractivity contribution in [2.75, 3.05) is 26.2 Å². The molecule has 1 saturated heterocycles. The number of piperidine rings is 1. The first-order valence-corrected chi connectivity index (χ1v) is 7.48. The normalized spacial score (nSPS) is 18.9. The summed E-state index contributed by atoms with van der Waals surface area (Å²) < 4.78 is 0. The summed E-state index contributed by atoms with van der Waals surface area (Å²) >= 11 is 0. The molecule has 4 nitrogen and oxygen atoms in total. The van der Waals surface area contributed by atoms with Crippen molar-refractivity contribution in [2.24, 2.45) is 11.7 Å². The molecule has 1 aliphatic heterocycles. The predicted molar refractivity (Wildman–Crippen MR) is 88.8 cm³/mol. The van der Waals surface area contributed by atoms with Gasteiger partial charge in [0.05, 0.1) is 0 Å². The van der Waals surface area contributed by atoms with E-state index in [2.05, 4.69) is 17.1 Å². The van der Waals surface area contributed by atoms with Gasteiger partial charge in [-0.3, -0.25) is 4.79 Å². The molecule has 1 unspecified atom stereocenters. The van der Waals surface area contributed by atoms with E-state index in [4.69, 9.17) is 5.73 Å². The minimum absolute atomic E-state index is 0. The van der Waals surface area contributed by atoms with Crippen LogP contribution in [-0.4, -0.2) is 37.0 Å². The van der Waals surface area contributed by atoms with Crippen LogP contribution in [0, 0.1) is 5.92 Å². The summed E-state index contributed by atoms with van der Waals surface area (Å²) in [6, 6.07) is 7.48. The van der Waals surface area contributed by atoms with E-state index < -0.39 is 0 Å². The molecular weight excluding hydrogens is 286 g/mol. The number of amides is 1. The first kappa shape index (κ1) is 18.0. The van der Waals surface area contributed by atoms with Crippen LogP contribution in [0.25, 0.3) is 0 Å². The van der Waals surface area contributed by atoms with Crippen molar-refractivity contribution in [1.82, 2.24) is 10.2 Å². The number of hydrogen-bond acceptors (Lipinski definition) is 3. The van der Waals surface area contributed by atoms with Gasteiger partial charge in [-0.1, -0.05) is 19.1 Å². The summed E-state index contributed by atoms with van der Waals surface area (Å²) in [4.78, 5) is 14.4. The largest absolute Gasteiger partial charge is 0.351 e. The second kappa shape index (κ2) is 9.03. The van der Waals surface area contributed by atoms with Gasteiger partial charge in [0.2, 0.25) is 0 Å². The quantitative estimate of drug-likeness (QED) is 0.875. The van der Waals surface area contributed by atoms with Gasteiger partial charge in [0.1, 0.15) is 0 Å². The molecule has 0 saturated carbocycles. The molecule has 0 aliphatic carbocycles. The molecule has 0 spiro atoms. The standard InChI is InChI=1S/C16H25N3O.ClH/c1-13-3-2-9-19(12-13)10-8-18-16(20)15-6-4-14(11-17)5-7-15;/h4-7,13H,2-3,8-12,17H2,1H3,(H,18,20);1H. The van der Waals surface area contributed by atoms with Crippen molar-refractivity contribution < 1.29 is 4.79 Å². The molecule has 0 bridgehead atoms. The van der Waals surface area contributed by atoms with E-state index in [1.54, 1.807) is 0 Å². The van der Waals surface area contributed by atoms with Crippen LogP contribution in [0.1, 0.15) is 35.7 Å². The smallest absolute Gasteiger partial charge is 0.251 e. The van der Waals surface area contributed by atoms with Crippen molar-refractivity contribution in [3.63, 3.8) is 0 Å². The number of likely N-dealkylation sites (tertiary alicyclic amines) is 1. The molecule has 1 amide bonds. The van der Waals surface area contributed by atoms with Gasteiger partial charge in [-0.05, 0) is 43.0 Å². The molecule has 0 radical (unpaired) electrons. The van der Waals surface area contributed by atoms with Crippen molar-refractivity contribution in [3.05, 3.63) is 35.4 Å². The van der Waals surface area contributed by atoms with Crippen LogP contribution < -0.4 is 11.1 Å². The maximum absolute atomic E-state index is 12.0. The Morgan fingerprint density at radius 3 is 2.71 bits per heavy atom. The molecule has 1 aromatic carbocycles. The Balaban J connectivity index is 0.00000220. The molecule has 1 heterocycles. The molecule has 118 valence electrons. The zero-order chi connectivity index (χ0) is 14.4. The zero-order valence-electron chi connectivity index (χ0n) is 12.7. The summed E-state index contributed by atoms with van der Waals surface area (Å²) in [6.07, 6.45) is 2.60. The number of carbonyl (C=O) groups is 1. The summed E-state index contributed by atoms with van der Waals surface area (Å²) in [6.45, 7) is 6.77. The molecule has 5 heteroatoms. The van der Waals surface area contributed by atoms with Crippen LogP contribution in [0.3, 0.4) is 0 Å². The first-order chi connectivity index (χ1) is 9.69. The molecule has 1 aliphatic rings. The van der Waals surface area contributed by atoms with Crippen LogP contribution in [-0.2, 0) is 6.54 Å². The third-order valence-corrected chi connectivity index (χ3v) is 3.91. The number of nitrogens with zero attached hydrogens (tertiary/aromatic N) is 1. The topological polar surface area (TPSA) is 58.4 Å². The van der Waals surface area contributed by atoms with E-state index in [9.17, 15) is 4.79 Å². The maximum atomic E-state index is 12.0. The Morgan fingerprint density at radius 2 is 2.10 bits per heavy atom. The first-order valence-electron chi connectivity index (χ1n) is 7.48. The molecule has 0 aromatic heterocycles. The fourth-order valence-corrected chi connectivity index (χ4v) is 2.71. The Hall–Kier alpha value is -1.10. The highest BCUT2D eigenvalue weighted by atomic mass is 35.5. The van der Waals surface area contributed by atoms with Crippen LogP contribution in [0.2, 0.25) is 0 Å². The van der Waals surface area contributed by atoms with Gasteiger partial charge in [0.25, 0.3) is 5.91 Å². The molecule has 1 fully saturated rings. The lowest BCUT2D eigenvalue weighted by molar-refractivity contribution is 0.0944. The lowest BCUT2D eigenvalue weighted by Crippen LogP contribution is -2.40. The molecule has 1 aromatic rings. The van der Waals surface area contributed by atoms with Gasteiger partial charge in [0, 0.05) is 31.7 Å². The molecular formula is C16H26ClN3O. The van der Waals surface area contributed by atoms with Crippen LogP contribution >= 0.6 is 12.4 Å². The third kappa shape index (κ3) is 5.65. The number of rotatable bonds is 5. The summed E-state index contributed by atoms with van der Waals surface area (Å²) in [7, 11) is 0. The van der Waals surface area contributed by atoms with E-state index in [0.29, 0.717) is 18.7 Å². The van der Waals surface area contributed by atoms with E-state index in [0.717, 1.165) is 31.1 Å². The van der Waals surface area contributed by atoms with Crippen LogP contribution in [0.4, 0.5) is 0 Å². The highest BCUT2D eigenvalue weighted by Gasteiger charge is 2.15. The summed E-state index contributed by atoms with van der Waals surface area (Å²) in [5.74, 6) is 0.780. The average molecular weight is 312 g/mol. The minimum atomic E-state index is -0.00127. The highest BCUT2D eigenvalue weighted by molar-refractivity contribution is 5.94. The van der Waals surface area contributed by atoms with Crippen LogP contribution in [0.5, 0.6) is 0 Å². The minimum Gasteiger partial charge on any atom is -0.351 e. The lowest BCUT2D eigenvalue weighted by Gasteiger charge is -2.30. The predicted octanol–water partition coefficient (Wildman–Crippen LogP) is 2.03. The van der Waals surface area contributed by atoms with Crippen molar-refractivity contribution in [2.45, 2.75) is 26.3 Å². The number of nitrogens with two attached hydrogens (primary N) is 1. The van der Waals surface area contributed by atoms with Gasteiger partial charge in [-0.2, -0.15) is 0 Å². The number of carbonyl (C=O) groups excluding carboxylic acids is 1. The Kier molecular flexibility index (Phi) is 7.72. The number of benzene rings is 1. The molecule has 2 rings (SSSR count). The van der Waals surface area contributed by atoms with E-state index in [-0.39, 0.29) is 18.3 Å². The second-order valence-corrected chi connectivity index (χ2v) is 5.70. The highest BCUT2D eigenvalue weighted by Crippen LogP contribution is 2.14. The molecule has 1 atom stereocenters. The summed E-state index contributed by atoms with van der Waals surface area (Å²) in [5, 5.41) is 2.99. The lowest BCUT2D eigenvalue weighted by atomic mass is 10.0. The Bertz CT molecular complexity index is 436. The van der Waals surface area contributed by atoms with E-state index >= 15 is 0 Å². The molecule has 3 N–H and O–H groups in total. The Labute approximate surface area is 133 Å². The number of nitrogens with one attached hydrogen (secondary N) is 1. The van der Waals surface area contributed by atoms with Crippen molar-refractivity contribution in [1.29, 1.82) is 0 Å². The fourth-order valence-electron chi connectivity index (χ4n) is 2.71. The maximum Gasteiger partial charge on any atom is 0.251 e. The van der Waals surface area contributed by atoms with Crippen molar-refractivity contribution >= 4 is 18.3 Å². The Morgan fingerprint density at radius 1 is 1.38 bits per heavy atom. The van der Waals surface area contributed by atoms with Crippen molar-refractivity contribution in [3.8, 4) is 0 Å². The van der Waals surface area contributed by atoms with Gasteiger partial charge < -0.3 is 16.0 Å². The monoisotopic (exact) mass is 311 g/mol. The third-order valence-electron chi connectivity index (χ3n) is 3.91. The average Bonchev–Trinajstić information content (AvgIpc) is 2.47. The summed E-state index contributed by atoms with van der Waals surface area (Å²) in [5.41, 5.74) is 7.29. The fraction of sp³-hybridized carbons (Fsp3) is 0.562. The number of hydrogen-bond donors (Lipinski definition) is 2. The zero-order valence-corrected chi connectivity index (χ0v) is 13.5. The second-order valence-electron chi connectivity index (χ2n) is 5.70. The van der Waals surface area contributed by atoms with Gasteiger partial charge in [-0.15, -0.1) is 12.4 Å². The van der Waals surface area contributed by atoms with Gasteiger partial charge >= 0.3 is 0 Å². The number of halogens is 1. The van der Waals surface area contributed by atoms with Crippen LogP contribution in [0.15, 0.2) is 24.3 Å². The molecule has 21 heavy (non-hydrogen) atoms. The van der Waals surface area contributed by atoms with Gasteiger partial charge in [-0.25, -0.2) is 0 Å². The van der Waals surface area contributed by atoms with Gasteiger partial charge in [0.15, 0.2) is 0 Å². The SMILES string of the molecule is CC1CCCN(CCNC(=O)c2ccc(CN)cc2)C1.Cl.